The van der Waals surface area contributed by atoms with Gasteiger partial charge >= 0.3 is 0 Å². The zero-order valence-corrected chi connectivity index (χ0v) is 21.4. The smallest absolute Gasteiger partial charge is 0.126 e. The molecule has 0 bridgehead atoms. The molecular formula is C26H38Cl2F2N2O. The summed E-state index contributed by atoms with van der Waals surface area (Å²) in [6.07, 6.45) is 4.90. The fourth-order valence-corrected chi connectivity index (χ4v) is 4.59. The predicted molar refractivity (Wildman–Crippen MR) is 136 cm³/mol. The van der Waals surface area contributed by atoms with Crippen LogP contribution in [0.15, 0.2) is 42.5 Å². The summed E-state index contributed by atoms with van der Waals surface area (Å²) >= 11 is 0. The third-order valence-corrected chi connectivity index (χ3v) is 6.53. The second-order valence-electron chi connectivity index (χ2n) is 10.1. The van der Waals surface area contributed by atoms with E-state index in [4.69, 9.17) is 5.73 Å². The summed E-state index contributed by atoms with van der Waals surface area (Å²) in [5.74, 6) is -1.26. The second kappa shape index (κ2) is 12.5. The normalized spacial score (nSPS) is 17.4. The maximum Gasteiger partial charge on any atom is 0.126 e. The van der Waals surface area contributed by atoms with Gasteiger partial charge in [-0.25, -0.2) is 8.78 Å². The van der Waals surface area contributed by atoms with Gasteiger partial charge in [-0.15, -0.1) is 24.8 Å². The zero-order valence-electron chi connectivity index (χ0n) is 19.7. The standard InChI is InChI=1S/C26H36F2N2O.2ClH/c1-25(2,3)19-8-7-9-20(15-19)26(10-5-4-6-11-26)30-17-24(31)23(29)14-18-12-21(27)16-22(28)13-18;;/h7-9,12-13,15-16,23-24,30-31H,4-6,10-11,14,17,29H2,1-3H3;2*1H. The molecule has 2 aromatic carbocycles. The molecule has 1 aliphatic rings. The van der Waals surface area contributed by atoms with Crippen molar-refractivity contribution >= 4 is 24.8 Å². The molecule has 0 aromatic heterocycles. The first kappa shape index (κ1) is 29.8. The van der Waals surface area contributed by atoms with Gasteiger partial charge in [-0.2, -0.15) is 0 Å². The Hall–Kier alpha value is -1.24. The van der Waals surface area contributed by atoms with Crippen molar-refractivity contribution in [2.45, 2.75) is 82.4 Å². The Morgan fingerprint density at radius 1 is 1.00 bits per heavy atom. The lowest BCUT2D eigenvalue weighted by molar-refractivity contribution is 0.116. The minimum Gasteiger partial charge on any atom is -0.390 e. The number of benzene rings is 2. The van der Waals surface area contributed by atoms with Crippen molar-refractivity contribution in [2.24, 2.45) is 5.73 Å². The molecule has 2 aromatic rings. The summed E-state index contributed by atoms with van der Waals surface area (Å²) in [6, 6.07) is 11.5. The van der Waals surface area contributed by atoms with Gasteiger partial charge in [0.25, 0.3) is 0 Å². The van der Waals surface area contributed by atoms with Crippen molar-refractivity contribution in [3.05, 3.63) is 70.8 Å². The number of nitrogens with two attached hydrogens (primary N) is 1. The average molecular weight is 504 g/mol. The largest absolute Gasteiger partial charge is 0.390 e. The van der Waals surface area contributed by atoms with Crippen molar-refractivity contribution in [3.8, 4) is 0 Å². The summed E-state index contributed by atoms with van der Waals surface area (Å²) in [5.41, 5.74) is 9.07. The minimum absolute atomic E-state index is 0. The van der Waals surface area contributed by atoms with E-state index in [0.717, 1.165) is 31.7 Å². The lowest BCUT2D eigenvalue weighted by atomic mass is 9.74. The molecule has 186 valence electrons. The second-order valence-corrected chi connectivity index (χ2v) is 10.1. The SMILES string of the molecule is CC(C)(C)c1cccc(C2(NCC(O)C(N)Cc3cc(F)cc(F)c3)CCCCC2)c1.Cl.Cl. The first-order valence-electron chi connectivity index (χ1n) is 11.3. The summed E-state index contributed by atoms with van der Waals surface area (Å²) in [4.78, 5) is 0. The molecule has 0 aliphatic heterocycles. The van der Waals surface area contributed by atoms with Gasteiger partial charge in [0.1, 0.15) is 11.6 Å². The van der Waals surface area contributed by atoms with E-state index in [1.807, 2.05) is 0 Å². The number of hydrogen-bond acceptors (Lipinski definition) is 3. The van der Waals surface area contributed by atoms with E-state index in [0.29, 0.717) is 12.1 Å². The van der Waals surface area contributed by atoms with Gasteiger partial charge in [-0.3, -0.25) is 0 Å². The van der Waals surface area contributed by atoms with Gasteiger partial charge < -0.3 is 16.2 Å². The van der Waals surface area contributed by atoms with Crippen molar-refractivity contribution in [1.29, 1.82) is 0 Å². The fourth-order valence-electron chi connectivity index (χ4n) is 4.59. The Kier molecular flexibility index (Phi) is 11.2. The van der Waals surface area contributed by atoms with Gasteiger partial charge in [-0.05, 0) is 53.5 Å². The van der Waals surface area contributed by atoms with Crippen LogP contribution in [0.5, 0.6) is 0 Å². The van der Waals surface area contributed by atoms with Crippen LogP contribution in [0.2, 0.25) is 0 Å². The van der Waals surface area contributed by atoms with Crippen LogP contribution in [-0.4, -0.2) is 23.8 Å². The van der Waals surface area contributed by atoms with E-state index in [1.165, 1.54) is 29.7 Å². The Bertz CT molecular complexity index is 863. The highest BCUT2D eigenvalue weighted by molar-refractivity contribution is 5.85. The van der Waals surface area contributed by atoms with Crippen LogP contribution in [-0.2, 0) is 17.4 Å². The molecule has 0 amide bonds. The van der Waals surface area contributed by atoms with Crippen molar-refractivity contribution < 1.29 is 13.9 Å². The van der Waals surface area contributed by atoms with E-state index in [9.17, 15) is 13.9 Å². The topological polar surface area (TPSA) is 58.3 Å². The van der Waals surface area contributed by atoms with Gasteiger partial charge in [0, 0.05) is 24.2 Å². The summed E-state index contributed by atoms with van der Waals surface area (Å²) < 4.78 is 26.9. The van der Waals surface area contributed by atoms with E-state index in [1.54, 1.807) is 0 Å². The number of nitrogens with one attached hydrogen (secondary N) is 1. The van der Waals surface area contributed by atoms with Crippen LogP contribution < -0.4 is 11.1 Å². The van der Waals surface area contributed by atoms with Gasteiger partial charge in [0.2, 0.25) is 0 Å². The molecule has 1 saturated carbocycles. The number of aliphatic hydroxyl groups excluding tert-OH is 1. The highest BCUT2D eigenvalue weighted by Gasteiger charge is 2.35. The van der Waals surface area contributed by atoms with Crippen molar-refractivity contribution in [1.82, 2.24) is 5.32 Å². The summed E-state index contributed by atoms with van der Waals surface area (Å²) in [6.45, 7) is 6.97. The molecule has 2 unspecified atom stereocenters. The highest BCUT2D eigenvalue weighted by Crippen LogP contribution is 2.38. The molecule has 4 N–H and O–H groups in total. The third kappa shape index (κ3) is 7.90. The van der Waals surface area contributed by atoms with Crippen LogP contribution in [0, 0.1) is 11.6 Å². The van der Waals surface area contributed by atoms with E-state index >= 15 is 0 Å². The molecule has 0 radical (unpaired) electrons. The summed E-state index contributed by atoms with van der Waals surface area (Å²) in [7, 11) is 0. The molecule has 0 heterocycles. The molecule has 0 spiro atoms. The maximum absolute atomic E-state index is 13.5. The fraction of sp³-hybridized carbons (Fsp3) is 0.538. The van der Waals surface area contributed by atoms with Crippen LogP contribution in [0.1, 0.15) is 69.6 Å². The Morgan fingerprint density at radius 3 is 2.18 bits per heavy atom. The van der Waals surface area contributed by atoms with E-state index in [-0.39, 0.29) is 42.2 Å². The van der Waals surface area contributed by atoms with Gasteiger partial charge in [0.05, 0.1) is 6.10 Å². The Balaban J connectivity index is 0.00000272. The van der Waals surface area contributed by atoms with E-state index < -0.39 is 23.8 Å². The van der Waals surface area contributed by atoms with Crippen LogP contribution >= 0.6 is 24.8 Å². The van der Waals surface area contributed by atoms with E-state index in [2.05, 4.69) is 50.4 Å². The maximum atomic E-state index is 13.5. The number of rotatable bonds is 7. The number of aliphatic hydroxyl groups is 1. The summed E-state index contributed by atoms with van der Waals surface area (Å²) in [5, 5.41) is 14.4. The van der Waals surface area contributed by atoms with Crippen molar-refractivity contribution in [3.63, 3.8) is 0 Å². The highest BCUT2D eigenvalue weighted by atomic mass is 35.5. The van der Waals surface area contributed by atoms with Crippen LogP contribution in [0.25, 0.3) is 0 Å². The lowest BCUT2D eigenvalue weighted by Gasteiger charge is -2.40. The molecule has 1 aliphatic carbocycles. The molecule has 3 rings (SSSR count). The van der Waals surface area contributed by atoms with Crippen molar-refractivity contribution in [2.75, 3.05) is 6.54 Å². The molecule has 3 nitrogen and oxygen atoms in total. The first-order valence-corrected chi connectivity index (χ1v) is 11.3. The molecule has 2 atom stereocenters. The minimum atomic E-state index is -0.823. The Labute approximate surface area is 209 Å². The first-order chi connectivity index (χ1) is 14.6. The molecule has 7 heteroatoms. The lowest BCUT2D eigenvalue weighted by Crippen LogP contribution is -2.51. The zero-order chi connectivity index (χ0) is 22.6. The van der Waals surface area contributed by atoms with Gasteiger partial charge in [0.15, 0.2) is 0 Å². The molecular weight excluding hydrogens is 465 g/mol. The molecule has 0 saturated heterocycles. The number of halogens is 4. The number of hydrogen-bond donors (Lipinski definition) is 3. The van der Waals surface area contributed by atoms with Crippen LogP contribution in [0.4, 0.5) is 8.78 Å². The monoisotopic (exact) mass is 502 g/mol. The average Bonchev–Trinajstić information content (AvgIpc) is 2.71. The van der Waals surface area contributed by atoms with Crippen LogP contribution in [0.3, 0.4) is 0 Å². The molecule has 1 fully saturated rings. The van der Waals surface area contributed by atoms with Gasteiger partial charge in [-0.1, -0.05) is 64.3 Å². The third-order valence-electron chi connectivity index (χ3n) is 6.53. The quantitative estimate of drug-likeness (QED) is 0.449. The predicted octanol–water partition coefficient (Wildman–Crippen LogP) is 5.79. The molecule has 33 heavy (non-hydrogen) atoms. The Morgan fingerprint density at radius 2 is 1.61 bits per heavy atom.